The highest BCUT2D eigenvalue weighted by molar-refractivity contribution is 9.10. The van der Waals surface area contributed by atoms with E-state index in [4.69, 9.17) is 4.74 Å². The van der Waals surface area contributed by atoms with Gasteiger partial charge in [-0.3, -0.25) is 4.79 Å². The van der Waals surface area contributed by atoms with E-state index >= 15 is 0 Å². The first-order valence-corrected chi connectivity index (χ1v) is 8.87. The lowest BCUT2D eigenvalue weighted by Gasteiger charge is -2.27. The van der Waals surface area contributed by atoms with Crippen molar-refractivity contribution in [1.82, 2.24) is 9.97 Å². The van der Waals surface area contributed by atoms with E-state index < -0.39 is 0 Å². The highest BCUT2D eigenvalue weighted by Gasteiger charge is 2.13. The Kier molecular flexibility index (Phi) is 4.42. The van der Waals surface area contributed by atoms with Crippen molar-refractivity contribution in [2.45, 2.75) is 0 Å². The van der Waals surface area contributed by atoms with Crippen LogP contribution >= 0.6 is 15.9 Å². The maximum atomic E-state index is 12.4. The van der Waals surface area contributed by atoms with Crippen molar-refractivity contribution in [3.63, 3.8) is 0 Å². The molecule has 1 fully saturated rings. The number of hydrogen-bond donors (Lipinski definition) is 2. The van der Waals surface area contributed by atoms with Gasteiger partial charge in [0.25, 0.3) is 5.91 Å². The third-order valence-corrected chi connectivity index (χ3v) is 4.66. The van der Waals surface area contributed by atoms with Gasteiger partial charge in [-0.1, -0.05) is 22.0 Å². The Bertz CT molecular complexity index is 901. The van der Waals surface area contributed by atoms with Crippen molar-refractivity contribution >= 4 is 44.2 Å². The zero-order chi connectivity index (χ0) is 17.2. The van der Waals surface area contributed by atoms with Gasteiger partial charge in [0.2, 0.25) is 0 Å². The van der Waals surface area contributed by atoms with Crippen molar-refractivity contribution in [3.05, 3.63) is 52.8 Å². The number of carbonyl (C=O) groups is 1. The lowest BCUT2D eigenvalue weighted by atomic mass is 10.2. The number of anilines is 2. The summed E-state index contributed by atoms with van der Waals surface area (Å²) in [6.45, 7) is 3.11. The van der Waals surface area contributed by atoms with Crippen molar-refractivity contribution in [2.24, 2.45) is 0 Å². The molecule has 1 aliphatic heterocycles. The van der Waals surface area contributed by atoms with Crippen LogP contribution in [0.5, 0.6) is 0 Å². The highest BCUT2D eigenvalue weighted by atomic mass is 79.9. The largest absolute Gasteiger partial charge is 0.378 e. The third kappa shape index (κ3) is 3.52. The van der Waals surface area contributed by atoms with E-state index in [0.717, 1.165) is 47.5 Å². The van der Waals surface area contributed by atoms with Crippen molar-refractivity contribution in [2.75, 3.05) is 36.5 Å². The molecule has 1 aliphatic rings. The fourth-order valence-electron chi connectivity index (χ4n) is 2.86. The molecule has 0 unspecified atom stereocenters. The highest BCUT2D eigenvalue weighted by Crippen LogP contribution is 2.21. The van der Waals surface area contributed by atoms with Crippen LogP contribution in [0.25, 0.3) is 10.9 Å². The summed E-state index contributed by atoms with van der Waals surface area (Å²) >= 11 is 3.43. The van der Waals surface area contributed by atoms with Gasteiger partial charge in [0.15, 0.2) is 0 Å². The standard InChI is InChI=1S/C18H17BrN4O2/c19-13-2-1-12-9-16(22-15(12)10-13)18(24)21-14-3-4-17(20-11-14)23-5-7-25-8-6-23/h1-4,9-11,22H,5-8H2,(H,21,24). The summed E-state index contributed by atoms with van der Waals surface area (Å²) in [4.78, 5) is 22.2. The average molecular weight is 401 g/mol. The number of fused-ring (bicyclic) bond motifs is 1. The van der Waals surface area contributed by atoms with Crippen LogP contribution in [0.15, 0.2) is 47.1 Å². The minimum Gasteiger partial charge on any atom is -0.378 e. The van der Waals surface area contributed by atoms with E-state index in [1.807, 2.05) is 36.4 Å². The molecule has 128 valence electrons. The van der Waals surface area contributed by atoms with Crippen molar-refractivity contribution in [3.8, 4) is 0 Å². The molecule has 3 heterocycles. The molecule has 0 saturated carbocycles. The molecule has 0 spiro atoms. The van der Waals surface area contributed by atoms with Crippen LogP contribution in [-0.2, 0) is 4.74 Å². The number of aromatic amines is 1. The molecule has 7 heteroatoms. The second kappa shape index (κ2) is 6.85. The molecule has 1 aromatic carbocycles. The maximum absolute atomic E-state index is 12.4. The summed E-state index contributed by atoms with van der Waals surface area (Å²) < 4.78 is 6.32. The minimum atomic E-state index is -0.187. The Labute approximate surface area is 153 Å². The Balaban J connectivity index is 1.47. The lowest BCUT2D eigenvalue weighted by molar-refractivity contribution is 0.102. The van der Waals surface area contributed by atoms with Gasteiger partial charge in [-0.25, -0.2) is 4.98 Å². The van der Waals surface area contributed by atoms with Crippen LogP contribution in [-0.4, -0.2) is 42.2 Å². The van der Waals surface area contributed by atoms with Crippen LogP contribution < -0.4 is 10.2 Å². The van der Waals surface area contributed by atoms with E-state index in [9.17, 15) is 4.79 Å². The SMILES string of the molecule is O=C(Nc1ccc(N2CCOCC2)nc1)c1cc2ccc(Br)cc2[nH]1. The monoisotopic (exact) mass is 400 g/mol. The Hall–Kier alpha value is -2.38. The zero-order valence-corrected chi connectivity index (χ0v) is 15.0. The van der Waals surface area contributed by atoms with Crippen LogP contribution in [0, 0.1) is 0 Å². The number of benzene rings is 1. The topological polar surface area (TPSA) is 70.2 Å². The number of carbonyl (C=O) groups excluding carboxylic acids is 1. The quantitative estimate of drug-likeness (QED) is 0.706. The van der Waals surface area contributed by atoms with E-state index in [-0.39, 0.29) is 5.91 Å². The first kappa shape index (κ1) is 16.1. The predicted octanol–water partition coefficient (Wildman–Crippen LogP) is 3.41. The number of pyridine rings is 1. The number of rotatable bonds is 3. The minimum absolute atomic E-state index is 0.187. The number of ether oxygens (including phenoxy) is 1. The molecule has 1 saturated heterocycles. The summed E-state index contributed by atoms with van der Waals surface area (Å²) in [7, 11) is 0. The first-order valence-electron chi connectivity index (χ1n) is 8.07. The van der Waals surface area contributed by atoms with Gasteiger partial charge in [0, 0.05) is 28.5 Å². The second-order valence-corrected chi connectivity index (χ2v) is 6.79. The van der Waals surface area contributed by atoms with Gasteiger partial charge in [-0.05, 0) is 30.3 Å². The molecule has 0 radical (unpaired) electrons. The molecule has 3 aromatic rings. The summed E-state index contributed by atoms with van der Waals surface area (Å²) in [5, 5.41) is 3.87. The van der Waals surface area contributed by atoms with Crippen LogP contribution in [0.3, 0.4) is 0 Å². The molecule has 25 heavy (non-hydrogen) atoms. The van der Waals surface area contributed by atoms with Gasteiger partial charge >= 0.3 is 0 Å². The zero-order valence-electron chi connectivity index (χ0n) is 13.5. The van der Waals surface area contributed by atoms with E-state index in [1.54, 1.807) is 6.20 Å². The van der Waals surface area contributed by atoms with Gasteiger partial charge in [-0.2, -0.15) is 0 Å². The predicted molar refractivity (Wildman–Crippen MR) is 101 cm³/mol. The van der Waals surface area contributed by atoms with Crippen LogP contribution in [0.4, 0.5) is 11.5 Å². The maximum Gasteiger partial charge on any atom is 0.272 e. The van der Waals surface area contributed by atoms with E-state index in [0.29, 0.717) is 11.4 Å². The number of morpholine rings is 1. The fraction of sp³-hybridized carbons (Fsp3) is 0.222. The number of nitrogens with one attached hydrogen (secondary N) is 2. The second-order valence-electron chi connectivity index (χ2n) is 5.87. The Morgan fingerprint density at radius 1 is 1.20 bits per heavy atom. The number of H-pyrrole nitrogens is 1. The first-order chi connectivity index (χ1) is 12.2. The van der Waals surface area contributed by atoms with Crippen molar-refractivity contribution in [1.29, 1.82) is 0 Å². The van der Waals surface area contributed by atoms with Gasteiger partial charge < -0.3 is 19.9 Å². The third-order valence-electron chi connectivity index (χ3n) is 4.17. The number of halogens is 1. The molecule has 2 aromatic heterocycles. The fourth-order valence-corrected chi connectivity index (χ4v) is 3.22. The van der Waals surface area contributed by atoms with Gasteiger partial charge in [0.1, 0.15) is 11.5 Å². The normalized spacial score (nSPS) is 14.7. The molecule has 6 nitrogen and oxygen atoms in total. The summed E-state index contributed by atoms with van der Waals surface area (Å²) in [6.07, 6.45) is 1.68. The molecule has 0 bridgehead atoms. The molecule has 4 rings (SSSR count). The summed E-state index contributed by atoms with van der Waals surface area (Å²) in [5.74, 6) is 0.713. The smallest absolute Gasteiger partial charge is 0.272 e. The Morgan fingerprint density at radius 3 is 2.80 bits per heavy atom. The number of hydrogen-bond acceptors (Lipinski definition) is 4. The van der Waals surface area contributed by atoms with Crippen molar-refractivity contribution < 1.29 is 9.53 Å². The molecule has 2 N–H and O–H groups in total. The van der Waals surface area contributed by atoms with Gasteiger partial charge in [0.05, 0.1) is 25.1 Å². The summed E-state index contributed by atoms with van der Waals surface area (Å²) in [6, 6.07) is 11.5. The lowest BCUT2D eigenvalue weighted by Crippen LogP contribution is -2.36. The number of nitrogens with zero attached hydrogens (tertiary/aromatic N) is 2. The molecular weight excluding hydrogens is 384 g/mol. The molecule has 1 amide bonds. The van der Waals surface area contributed by atoms with Crippen LogP contribution in [0.1, 0.15) is 10.5 Å². The molecule has 0 atom stereocenters. The molecular formula is C18H17BrN4O2. The molecule has 0 aliphatic carbocycles. The van der Waals surface area contributed by atoms with Gasteiger partial charge in [-0.15, -0.1) is 0 Å². The number of aromatic nitrogens is 2. The van der Waals surface area contributed by atoms with Crippen LogP contribution in [0.2, 0.25) is 0 Å². The summed E-state index contributed by atoms with van der Waals surface area (Å²) in [5.41, 5.74) is 2.10. The average Bonchev–Trinajstić information content (AvgIpc) is 3.06. The Morgan fingerprint density at radius 2 is 2.04 bits per heavy atom. The van der Waals surface area contributed by atoms with E-state index in [2.05, 4.69) is 36.1 Å². The van der Waals surface area contributed by atoms with E-state index in [1.165, 1.54) is 0 Å². The number of amides is 1.